The summed E-state index contributed by atoms with van der Waals surface area (Å²) in [6, 6.07) is 6.76. The number of hydrogen-bond donors (Lipinski definition) is 1. The first-order valence-corrected chi connectivity index (χ1v) is 8.01. The van der Waals surface area contributed by atoms with E-state index in [1.54, 1.807) is 38.2 Å². The predicted molar refractivity (Wildman–Crippen MR) is 90.0 cm³/mol. The molecule has 8 heteroatoms. The monoisotopic (exact) mass is 347 g/mol. The molecule has 0 aliphatic carbocycles. The molecule has 0 bridgehead atoms. The molecule has 1 aliphatic heterocycles. The molecule has 0 radical (unpaired) electrons. The van der Waals surface area contributed by atoms with Crippen molar-refractivity contribution in [3.05, 3.63) is 29.8 Å². The third-order valence-electron chi connectivity index (χ3n) is 3.77. The van der Waals surface area contributed by atoms with Crippen molar-refractivity contribution in [3.63, 3.8) is 0 Å². The van der Waals surface area contributed by atoms with E-state index in [-0.39, 0.29) is 44.5 Å². The van der Waals surface area contributed by atoms with Crippen molar-refractivity contribution >= 4 is 29.4 Å². The summed E-state index contributed by atoms with van der Waals surface area (Å²) in [6.45, 7) is 1.66. The van der Waals surface area contributed by atoms with Gasteiger partial charge >= 0.3 is 5.97 Å². The lowest BCUT2D eigenvalue weighted by molar-refractivity contribution is -0.143. The highest BCUT2D eigenvalue weighted by atomic mass is 16.5. The first-order chi connectivity index (χ1) is 11.9. The molecule has 3 amide bonds. The van der Waals surface area contributed by atoms with Crippen molar-refractivity contribution in [2.24, 2.45) is 0 Å². The number of amides is 3. The molecule has 0 saturated carbocycles. The van der Waals surface area contributed by atoms with Crippen LogP contribution in [-0.4, -0.2) is 61.9 Å². The van der Waals surface area contributed by atoms with E-state index < -0.39 is 11.9 Å². The van der Waals surface area contributed by atoms with Crippen LogP contribution >= 0.6 is 0 Å². The summed E-state index contributed by atoms with van der Waals surface area (Å²) in [5.41, 5.74) is 0.887. The van der Waals surface area contributed by atoms with Gasteiger partial charge in [0, 0.05) is 13.6 Å². The first kappa shape index (κ1) is 18.4. The molecule has 134 valence electrons. The number of para-hydroxylation sites is 1. The lowest BCUT2D eigenvalue weighted by Crippen LogP contribution is -2.44. The third kappa shape index (κ3) is 4.56. The van der Waals surface area contributed by atoms with Gasteiger partial charge in [0.05, 0.1) is 24.3 Å². The number of fused-ring (bicyclic) bond motifs is 1. The molecule has 0 unspecified atom stereocenters. The zero-order chi connectivity index (χ0) is 18.4. The number of ether oxygens (including phenoxy) is 1. The number of nitrogens with zero attached hydrogens (tertiary/aromatic N) is 2. The maximum absolute atomic E-state index is 12.6. The highest BCUT2D eigenvalue weighted by Crippen LogP contribution is 2.24. The largest absolute Gasteiger partial charge is 0.466 e. The van der Waals surface area contributed by atoms with E-state index in [1.165, 1.54) is 9.80 Å². The van der Waals surface area contributed by atoms with Crippen LogP contribution in [0.4, 0.5) is 5.69 Å². The molecule has 1 N–H and O–H groups in total. The van der Waals surface area contributed by atoms with Crippen LogP contribution in [-0.2, 0) is 19.1 Å². The van der Waals surface area contributed by atoms with E-state index in [9.17, 15) is 19.2 Å². The van der Waals surface area contributed by atoms with Gasteiger partial charge < -0.3 is 19.9 Å². The van der Waals surface area contributed by atoms with E-state index in [1.807, 2.05) is 0 Å². The fourth-order valence-electron chi connectivity index (χ4n) is 2.49. The van der Waals surface area contributed by atoms with Gasteiger partial charge in [-0.1, -0.05) is 12.1 Å². The summed E-state index contributed by atoms with van der Waals surface area (Å²) in [5.74, 6) is -1.50. The topological polar surface area (TPSA) is 96.0 Å². The minimum atomic E-state index is -0.438. The van der Waals surface area contributed by atoms with Gasteiger partial charge in [0.1, 0.15) is 13.1 Å². The molecule has 1 aliphatic rings. The highest BCUT2D eigenvalue weighted by Gasteiger charge is 2.30. The summed E-state index contributed by atoms with van der Waals surface area (Å²) >= 11 is 0. The number of hydrogen-bond acceptors (Lipinski definition) is 5. The van der Waals surface area contributed by atoms with Crippen LogP contribution in [0.2, 0.25) is 0 Å². The lowest BCUT2D eigenvalue weighted by Gasteiger charge is -2.19. The number of likely N-dealkylation sites (N-methyl/N-ethyl adjacent to an activating group) is 1. The number of nitrogens with one attached hydrogen (secondary N) is 1. The first-order valence-electron chi connectivity index (χ1n) is 8.01. The number of rotatable bonds is 6. The molecule has 0 atom stereocenters. The molecule has 0 spiro atoms. The fraction of sp³-hybridized carbons (Fsp3) is 0.412. The number of esters is 1. The average molecular weight is 347 g/mol. The molecule has 1 aromatic carbocycles. The van der Waals surface area contributed by atoms with E-state index in [4.69, 9.17) is 4.74 Å². The van der Waals surface area contributed by atoms with Crippen LogP contribution in [0.25, 0.3) is 0 Å². The Balaban J connectivity index is 2.00. The maximum Gasteiger partial charge on any atom is 0.307 e. The molecular weight excluding hydrogens is 326 g/mol. The molecule has 0 aromatic heterocycles. The van der Waals surface area contributed by atoms with Crippen LogP contribution in [0.1, 0.15) is 23.7 Å². The van der Waals surface area contributed by atoms with Crippen LogP contribution in [0.15, 0.2) is 24.3 Å². The number of carbonyl (C=O) groups is 4. The van der Waals surface area contributed by atoms with Gasteiger partial charge in [-0.3, -0.25) is 19.2 Å². The lowest BCUT2D eigenvalue weighted by atomic mass is 10.1. The maximum atomic E-state index is 12.6. The van der Waals surface area contributed by atoms with Crippen LogP contribution in [0.3, 0.4) is 0 Å². The third-order valence-corrected chi connectivity index (χ3v) is 3.77. The smallest absolute Gasteiger partial charge is 0.307 e. The van der Waals surface area contributed by atoms with Gasteiger partial charge in [-0.25, -0.2) is 0 Å². The second kappa shape index (κ2) is 8.27. The highest BCUT2D eigenvalue weighted by molar-refractivity contribution is 6.10. The van der Waals surface area contributed by atoms with Crippen molar-refractivity contribution < 1.29 is 23.9 Å². The SMILES string of the molecule is CCOC(=O)CCNC(=O)CN1CC(=O)N(C)c2ccccc2C1=O. The van der Waals surface area contributed by atoms with Gasteiger partial charge in [0.2, 0.25) is 11.8 Å². The molecule has 1 heterocycles. The molecule has 2 rings (SSSR count). The van der Waals surface area contributed by atoms with Crippen molar-refractivity contribution in [2.45, 2.75) is 13.3 Å². The van der Waals surface area contributed by atoms with Gasteiger partial charge in [0.25, 0.3) is 5.91 Å². The van der Waals surface area contributed by atoms with Crippen LogP contribution < -0.4 is 10.2 Å². The Bertz CT molecular complexity index is 689. The van der Waals surface area contributed by atoms with E-state index in [0.29, 0.717) is 11.3 Å². The second-order valence-corrected chi connectivity index (χ2v) is 5.54. The van der Waals surface area contributed by atoms with E-state index in [2.05, 4.69) is 5.32 Å². The fourth-order valence-corrected chi connectivity index (χ4v) is 2.49. The number of carbonyl (C=O) groups excluding carboxylic acids is 4. The normalized spacial score (nSPS) is 14.0. The van der Waals surface area contributed by atoms with Crippen LogP contribution in [0, 0.1) is 0 Å². The molecule has 1 aromatic rings. The van der Waals surface area contributed by atoms with Crippen molar-refractivity contribution in [1.29, 1.82) is 0 Å². The Morgan fingerprint density at radius 1 is 1.24 bits per heavy atom. The van der Waals surface area contributed by atoms with E-state index in [0.717, 1.165) is 0 Å². The quantitative estimate of drug-likeness (QED) is 0.740. The van der Waals surface area contributed by atoms with Crippen LogP contribution in [0.5, 0.6) is 0 Å². The standard InChI is InChI=1S/C17H21N3O5/c1-3-25-16(23)8-9-18-14(21)10-20-11-15(22)19(2)13-7-5-4-6-12(13)17(20)24/h4-7H,3,8-11H2,1-2H3,(H,18,21). The molecular formula is C17H21N3O5. The van der Waals surface area contributed by atoms with Crippen molar-refractivity contribution in [2.75, 3.05) is 38.2 Å². The Morgan fingerprint density at radius 2 is 1.96 bits per heavy atom. The number of anilines is 1. The minimum Gasteiger partial charge on any atom is -0.466 e. The Morgan fingerprint density at radius 3 is 2.68 bits per heavy atom. The van der Waals surface area contributed by atoms with E-state index >= 15 is 0 Å². The summed E-state index contributed by atoms with van der Waals surface area (Å²) in [6.07, 6.45) is 0.0536. The van der Waals surface area contributed by atoms with Crippen molar-refractivity contribution in [3.8, 4) is 0 Å². The average Bonchev–Trinajstić information content (AvgIpc) is 2.67. The second-order valence-electron chi connectivity index (χ2n) is 5.54. The van der Waals surface area contributed by atoms with Gasteiger partial charge in [-0.05, 0) is 19.1 Å². The molecule has 8 nitrogen and oxygen atoms in total. The summed E-state index contributed by atoms with van der Waals surface area (Å²) in [4.78, 5) is 50.7. The van der Waals surface area contributed by atoms with Gasteiger partial charge in [-0.15, -0.1) is 0 Å². The minimum absolute atomic E-state index is 0.0536. The zero-order valence-electron chi connectivity index (χ0n) is 14.3. The Labute approximate surface area is 145 Å². The summed E-state index contributed by atoms with van der Waals surface area (Å²) < 4.78 is 4.77. The predicted octanol–water partition coefficient (Wildman–Crippen LogP) is 0.175. The summed E-state index contributed by atoms with van der Waals surface area (Å²) in [7, 11) is 1.59. The zero-order valence-corrected chi connectivity index (χ0v) is 14.3. The summed E-state index contributed by atoms with van der Waals surface area (Å²) in [5, 5.41) is 2.55. The Hall–Kier alpha value is -2.90. The van der Waals surface area contributed by atoms with Gasteiger partial charge in [-0.2, -0.15) is 0 Å². The van der Waals surface area contributed by atoms with Crippen molar-refractivity contribution in [1.82, 2.24) is 10.2 Å². The number of benzene rings is 1. The molecule has 25 heavy (non-hydrogen) atoms. The Kier molecular flexibility index (Phi) is 6.10. The van der Waals surface area contributed by atoms with Gasteiger partial charge in [0.15, 0.2) is 0 Å². The molecule has 0 fully saturated rings. The molecule has 0 saturated heterocycles.